The minimum absolute atomic E-state index is 0.0958. The molecule has 0 saturated heterocycles. The number of ether oxygens (including phenoxy) is 2. The monoisotopic (exact) mass is 446 g/mol. The lowest BCUT2D eigenvalue weighted by Crippen LogP contribution is -2.27. The fourth-order valence-electron chi connectivity index (χ4n) is 4.50. The van der Waals surface area contributed by atoms with Gasteiger partial charge in [0.15, 0.2) is 11.5 Å². The predicted octanol–water partition coefficient (Wildman–Crippen LogP) is 5.62. The second kappa shape index (κ2) is 7.44. The van der Waals surface area contributed by atoms with E-state index in [2.05, 4.69) is 0 Å². The molecule has 1 fully saturated rings. The Kier molecular flexibility index (Phi) is 4.78. The van der Waals surface area contributed by atoms with Gasteiger partial charge in [0.2, 0.25) is 0 Å². The fraction of sp³-hybridized carbons (Fsp3) is 0.259. The Morgan fingerprint density at radius 2 is 1.76 bits per heavy atom. The van der Waals surface area contributed by atoms with E-state index in [0.29, 0.717) is 11.5 Å². The van der Waals surface area contributed by atoms with E-state index in [-0.39, 0.29) is 17.8 Å². The van der Waals surface area contributed by atoms with Gasteiger partial charge >= 0.3 is 12.0 Å². The van der Waals surface area contributed by atoms with Crippen molar-refractivity contribution in [2.45, 2.75) is 44.6 Å². The van der Waals surface area contributed by atoms with Crippen LogP contribution in [0.1, 0.15) is 46.8 Å². The number of hydrogen-bond donors (Lipinski definition) is 1. The zero-order valence-electron chi connectivity index (χ0n) is 18.4. The molecule has 1 saturated carbocycles. The molecule has 6 heteroatoms. The molecule has 0 radical (unpaired) electrons. The summed E-state index contributed by atoms with van der Waals surface area (Å²) in [6, 6.07) is 15.6. The SMILES string of the molecule is Cc1ccc(CC(=O)C2(c3ccc4c(c3)OC(C)(F)O4)CC2)cc1-c1cccc(C(=O)O)c1. The van der Waals surface area contributed by atoms with Crippen molar-refractivity contribution in [3.63, 3.8) is 0 Å². The fourth-order valence-corrected chi connectivity index (χ4v) is 4.50. The van der Waals surface area contributed by atoms with Gasteiger partial charge in [-0.2, -0.15) is 4.39 Å². The number of rotatable bonds is 6. The molecule has 3 aromatic rings. The van der Waals surface area contributed by atoms with Crippen LogP contribution >= 0.6 is 0 Å². The lowest BCUT2D eigenvalue weighted by molar-refractivity contribution is -0.173. The largest absolute Gasteiger partial charge is 0.478 e. The first-order valence-electron chi connectivity index (χ1n) is 10.8. The Morgan fingerprint density at radius 3 is 2.48 bits per heavy atom. The first kappa shape index (κ1) is 21.2. The second-order valence-electron chi connectivity index (χ2n) is 8.92. The number of benzene rings is 3. The van der Waals surface area contributed by atoms with Gasteiger partial charge in [0.05, 0.1) is 11.0 Å². The van der Waals surface area contributed by atoms with E-state index in [0.717, 1.165) is 40.7 Å². The van der Waals surface area contributed by atoms with E-state index in [4.69, 9.17) is 9.47 Å². The topological polar surface area (TPSA) is 72.8 Å². The molecule has 3 aromatic carbocycles. The van der Waals surface area contributed by atoms with Crippen molar-refractivity contribution < 1.29 is 28.6 Å². The number of hydrogen-bond acceptors (Lipinski definition) is 4. The van der Waals surface area contributed by atoms with Gasteiger partial charge in [0.25, 0.3) is 0 Å². The molecule has 33 heavy (non-hydrogen) atoms. The summed E-state index contributed by atoms with van der Waals surface area (Å²) in [4.78, 5) is 24.7. The highest BCUT2D eigenvalue weighted by Gasteiger charge is 2.51. The molecule has 5 nitrogen and oxygen atoms in total. The number of halogens is 1. The molecule has 168 valence electrons. The molecule has 5 rings (SSSR count). The Labute approximate surface area is 190 Å². The number of aryl methyl sites for hydroxylation is 1. The number of carboxylic acid groups (broad SMARTS) is 1. The minimum Gasteiger partial charge on any atom is -0.478 e. The number of ketones is 1. The van der Waals surface area contributed by atoms with Crippen LogP contribution in [0.15, 0.2) is 60.7 Å². The molecule has 2 aliphatic rings. The van der Waals surface area contributed by atoms with Gasteiger partial charge in [0, 0.05) is 13.3 Å². The summed E-state index contributed by atoms with van der Waals surface area (Å²) < 4.78 is 24.4. The van der Waals surface area contributed by atoms with Crippen molar-refractivity contribution in [3.05, 3.63) is 82.9 Å². The smallest absolute Gasteiger partial charge is 0.404 e. The van der Waals surface area contributed by atoms with Crippen LogP contribution in [0.5, 0.6) is 11.5 Å². The molecule has 1 atom stereocenters. The Balaban J connectivity index is 1.40. The normalized spacial score (nSPS) is 19.8. The Bertz CT molecular complexity index is 1290. The second-order valence-corrected chi connectivity index (χ2v) is 8.92. The molecule has 0 aromatic heterocycles. The zero-order valence-corrected chi connectivity index (χ0v) is 18.4. The maximum absolute atomic E-state index is 14.0. The van der Waals surface area contributed by atoms with Gasteiger partial charge in [-0.3, -0.25) is 4.79 Å². The third-order valence-corrected chi connectivity index (χ3v) is 6.45. The molecule has 1 N–H and O–H groups in total. The van der Waals surface area contributed by atoms with Crippen LogP contribution in [0.2, 0.25) is 0 Å². The van der Waals surface area contributed by atoms with Crippen molar-refractivity contribution in [2.24, 2.45) is 0 Å². The summed E-state index contributed by atoms with van der Waals surface area (Å²) in [6.07, 6.45) is 1.72. The Hall–Kier alpha value is -3.67. The number of carboxylic acids is 1. The van der Waals surface area contributed by atoms with Gasteiger partial charge in [-0.15, -0.1) is 0 Å². The van der Waals surface area contributed by atoms with Crippen LogP contribution in [0.25, 0.3) is 11.1 Å². The third kappa shape index (κ3) is 3.86. The van der Waals surface area contributed by atoms with E-state index >= 15 is 0 Å². The van der Waals surface area contributed by atoms with Gasteiger partial charge in [-0.05, 0) is 71.8 Å². The summed E-state index contributed by atoms with van der Waals surface area (Å²) in [5.74, 6) is -0.238. The molecule has 1 aliphatic carbocycles. The van der Waals surface area contributed by atoms with E-state index in [1.807, 2.05) is 37.3 Å². The number of Topliss-reactive ketones (excluding diaryl/α,β-unsaturated/α-hetero) is 1. The number of aromatic carboxylic acids is 1. The summed E-state index contributed by atoms with van der Waals surface area (Å²) in [5, 5.41) is 9.31. The van der Waals surface area contributed by atoms with Crippen LogP contribution in [0, 0.1) is 6.92 Å². The molecule has 1 heterocycles. The van der Waals surface area contributed by atoms with Crippen molar-refractivity contribution in [1.29, 1.82) is 0 Å². The first-order chi connectivity index (χ1) is 15.7. The lowest BCUT2D eigenvalue weighted by Gasteiger charge is -2.16. The van der Waals surface area contributed by atoms with Crippen molar-refractivity contribution in [1.82, 2.24) is 0 Å². The van der Waals surface area contributed by atoms with Crippen LogP contribution in [0.4, 0.5) is 4.39 Å². The average Bonchev–Trinajstić information content (AvgIpc) is 3.52. The van der Waals surface area contributed by atoms with Gasteiger partial charge in [-0.1, -0.05) is 36.4 Å². The van der Waals surface area contributed by atoms with Crippen molar-refractivity contribution >= 4 is 11.8 Å². The van der Waals surface area contributed by atoms with Crippen molar-refractivity contribution in [2.75, 3.05) is 0 Å². The summed E-state index contributed by atoms with van der Waals surface area (Å²) >= 11 is 0. The number of fused-ring (bicyclic) bond motifs is 1. The van der Waals surface area contributed by atoms with Crippen LogP contribution < -0.4 is 9.47 Å². The minimum atomic E-state index is -2.20. The number of carbonyl (C=O) groups is 2. The summed E-state index contributed by atoms with van der Waals surface area (Å²) in [7, 11) is 0. The highest BCUT2D eigenvalue weighted by Crippen LogP contribution is 2.52. The summed E-state index contributed by atoms with van der Waals surface area (Å²) in [5.41, 5.74) is 4.00. The molecule has 1 aliphatic heterocycles. The number of carbonyl (C=O) groups excluding carboxylic acids is 1. The van der Waals surface area contributed by atoms with E-state index in [9.17, 15) is 19.1 Å². The standard InChI is InChI=1S/C27H23FO5/c1-16-6-7-17(12-21(16)18-4-3-5-19(14-18)25(30)31)13-24(29)27(10-11-27)20-8-9-22-23(15-20)33-26(2,28)32-22/h3-9,12,14-15H,10-11,13H2,1-2H3,(H,30,31). The van der Waals surface area contributed by atoms with Crippen LogP contribution in [-0.2, 0) is 16.6 Å². The van der Waals surface area contributed by atoms with E-state index in [1.165, 1.54) is 6.92 Å². The van der Waals surface area contributed by atoms with Gasteiger partial charge in [0.1, 0.15) is 5.78 Å². The molecule has 1 unspecified atom stereocenters. The molecule has 0 bridgehead atoms. The van der Waals surface area contributed by atoms with Gasteiger partial charge < -0.3 is 14.6 Å². The molecular weight excluding hydrogens is 423 g/mol. The van der Waals surface area contributed by atoms with Crippen LogP contribution in [0.3, 0.4) is 0 Å². The predicted molar refractivity (Wildman–Crippen MR) is 120 cm³/mol. The van der Waals surface area contributed by atoms with E-state index < -0.39 is 17.4 Å². The van der Waals surface area contributed by atoms with Gasteiger partial charge in [-0.25, -0.2) is 4.79 Å². The maximum atomic E-state index is 14.0. The molecular formula is C27H23FO5. The summed E-state index contributed by atoms with van der Waals surface area (Å²) in [6.45, 7) is 3.16. The van der Waals surface area contributed by atoms with Crippen molar-refractivity contribution in [3.8, 4) is 22.6 Å². The molecule has 0 amide bonds. The quantitative estimate of drug-likeness (QED) is 0.532. The van der Waals surface area contributed by atoms with E-state index in [1.54, 1.807) is 30.3 Å². The first-order valence-corrected chi connectivity index (χ1v) is 10.8. The Morgan fingerprint density at radius 1 is 1.00 bits per heavy atom. The highest BCUT2D eigenvalue weighted by atomic mass is 19.2. The lowest BCUT2D eigenvalue weighted by atomic mass is 9.86. The zero-order chi connectivity index (χ0) is 23.4. The number of alkyl halides is 1. The average molecular weight is 446 g/mol. The molecule has 0 spiro atoms. The maximum Gasteiger partial charge on any atom is 0.404 e. The van der Waals surface area contributed by atoms with Crippen LogP contribution in [-0.4, -0.2) is 22.9 Å². The highest BCUT2D eigenvalue weighted by molar-refractivity contribution is 5.95. The third-order valence-electron chi connectivity index (χ3n) is 6.45.